The third-order valence-electron chi connectivity index (χ3n) is 8.96. The number of alkyl halides is 1. The topological polar surface area (TPSA) is 84.9 Å². The molecule has 0 spiro atoms. The van der Waals surface area contributed by atoms with Crippen LogP contribution in [0.2, 0.25) is 18.1 Å². The molecule has 1 fully saturated rings. The number of esters is 1. The van der Waals surface area contributed by atoms with Crippen LogP contribution in [0.15, 0.2) is 104 Å². The van der Waals surface area contributed by atoms with Crippen LogP contribution in [0, 0.1) is 0 Å². The van der Waals surface area contributed by atoms with E-state index in [0.29, 0.717) is 0 Å². The van der Waals surface area contributed by atoms with Crippen molar-refractivity contribution >= 4 is 37.6 Å². The number of ether oxygens (including phenoxy) is 1. The first-order valence-corrected chi connectivity index (χ1v) is 18.6. The Hall–Kier alpha value is -3.56. The van der Waals surface area contributed by atoms with Crippen LogP contribution >= 0.6 is 11.6 Å². The maximum atomic E-state index is 14.3. The van der Waals surface area contributed by atoms with Crippen molar-refractivity contribution in [2.45, 2.75) is 62.6 Å². The minimum atomic E-state index is -2.31. The summed E-state index contributed by atoms with van der Waals surface area (Å²) in [4.78, 5) is 42.0. The number of carbonyl (C=O) groups is 3. The van der Waals surface area contributed by atoms with E-state index in [1.165, 1.54) is 11.0 Å². The summed E-state index contributed by atoms with van der Waals surface area (Å²) in [6.07, 6.45) is 1.41. The zero-order chi connectivity index (χ0) is 32.8. The molecule has 7 nitrogen and oxygen atoms in total. The van der Waals surface area contributed by atoms with E-state index in [0.717, 1.165) is 16.7 Å². The van der Waals surface area contributed by atoms with E-state index in [1.54, 1.807) is 0 Å². The quantitative estimate of drug-likeness (QED) is 0.0435. The summed E-state index contributed by atoms with van der Waals surface area (Å²) in [5.41, 5.74) is 1.82. The van der Waals surface area contributed by atoms with Gasteiger partial charge in [-0.05, 0) is 34.8 Å². The second kappa shape index (κ2) is 14.2. The van der Waals surface area contributed by atoms with Gasteiger partial charge in [0.05, 0.1) is 24.1 Å². The number of halogens is 1. The Bertz CT molecular complexity index is 1380. The highest BCUT2D eigenvalue weighted by Crippen LogP contribution is 2.41. The van der Waals surface area contributed by atoms with Gasteiger partial charge in [-0.3, -0.25) is 14.9 Å². The van der Waals surface area contributed by atoms with Gasteiger partial charge >= 0.3 is 5.97 Å². The van der Waals surface area contributed by atoms with Gasteiger partial charge in [-0.2, -0.15) is 0 Å². The summed E-state index contributed by atoms with van der Waals surface area (Å²) in [6, 6.07) is 26.9. The van der Waals surface area contributed by atoms with Gasteiger partial charge in [0.15, 0.2) is 20.1 Å². The molecule has 1 N–H and O–H groups in total. The lowest BCUT2D eigenvalue weighted by Gasteiger charge is -2.53. The minimum absolute atomic E-state index is 0.0983. The first-order chi connectivity index (χ1) is 21.4. The number of carbonyl (C=O) groups excluding carboxylic acids is 3. The molecule has 45 heavy (non-hydrogen) atoms. The fraction of sp³-hybridized carbons (Fsp3) is 0.361. The van der Waals surface area contributed by atoms with Gasteiger partial charge in [-0.25, -0.2) is 4.79 Å². The van der Waals surface area contributed by atoms with Gasteiger partial charge in [0.1, 0.15) is 12.6 Å². The Morgan fingerprint density at radius 1 is 0.933 bits per heavy atom. The van der Waals surface area contributed by atoms with Crippen molar-refractivity contribution in [1.29, 1.82) is 0 Å². The van der Waals surface area contributed by atoms with Crippen molar-refractivity contribution in [3.8, 4) is 0 Å². The van der Waals surface area contributed by atoms with E-state index >= 15 is 0 Å². The average Bonchev–Trinajstić information content (AvgIpc) is 3.04. The first kappa shape index (κ1) is 34.3. The molecule has 0 aliphatic carbocycles. The molecule has 1 saturated heterocycles. The van der Waals surface area contributed by atoms with E-state index in [4.69, 9.17) is 20.8 Å². The van der Waals surface area contributed by atoms with Gasteiger partial charge < -0.3 is 14.1 Å². The Kier molecular flexibility index (Phi) is 10.9. The van der Waals surface area contributed by atoms with E-state index in [9.17, 15) is 14.4 Å². The molecule has 0 aromatic heterocycles. The van der Waals surface area contributed by atoms with Crippen molar-refractivity contribution in [3.63, 3.8) is 0 Å². The van der Waals surface area contributed by atoms with Crippen LogP contribution in [0.1, 0.15) is 37.5 Å². The summed E-state index contributed by atoms with van der Waals surface area (Å²) in [5.74, 6) is -2.32. The molecular weight excluding hydrogens is 604 g/mol. The standard InChI is InChI=1S/C36H43ClN2O5Si/c1-7-23-43-34(42)32(30(40)24-37)39-29(25-44-45(5,6)35(2,3)4)31(33(39)41)38-36(26-17-11-8-12-18-26,27-19-13-9-14-20-27)28-21-15-10-16-22-28/h7-22,29,31-32,38H,1,23-25H2,2-6H3/t29-,31+,32?/m1/s1. The fourth-order valence-corrected chi connectivity index (χ4v) is 6.64. The van der Waals surface area contributed by atoms with Gasteiger partial charge in [0.25, 0.3) is 0 Å². The predicted molar refractivity (Wildman–Crippen MR) is 181 cm³/mol. The lowest BCUT2D eigenvalue weighted by atomic mass is 9.75. The molecule has 1 heterocycles. The van der Waals surface area contributed by atoms with Crippen LogP contribution in [-0.4, -0.2) is 68.1 Å². The minimum Gasteiger partial charge on any atom is -0.460 e. The monoisotopic (exact) mass is 646 g/mol. The van der Waals surface area contributed by atoms with Crippen LogP contribution in [0.3, 0.4) is 0 Å². The summed E-state index contributed by atoms with van der Waals surface area (Å²) < 4.78 is 11.9. The lowest BCUT2D eigenvalue weighted by Crippen LogP contribution is -2.78. The molecule has 0 saturated carbocycles. The number of ketones is 1. The molecule has 0 radical (unpaired) electrons. The van der Waals surface area contributed by atoms with E-state index in [1.807, 2.05) is 91.0 Å². The Labute approximate surface area is 272 Å². The molecule has 3 aromatic rings. The average molecular weight is 647 g/mol. The summed E-state index contributed by atoms with van der Waals surface area (Å²) in [7, 11) is -2.31. The second-order valence-corrected chi connectivity index (χ2v) is 17.9. The predicted octanol–water partition coefficient (Wildman–Crippen LogP) is 6.08. The van der Waals surface area contributed by atoms with Gasteiger partial charge in [-0.1, -0.05) is 124 Å². The molecule has 0 bridgehead atoms. The number of amides is 1. The van der Waals surface area contributed by atoms with Crippen LogP contribution < -0.4 is 5.32 Å². The van der Waals surface area contributed by atoms with E-state index in [2.05, 4.69) is 45.8 Å². The maximum Gasteiger partial charge on any atom is 0.337 e. The SMILES string of the molecule is C=CCOC(=O)C(C(=O)CCl)N1C(=O)[C@@H](NC(c2ccccc2)(c2ccccc2)c2ccccc2)[C@H]1CO[Si](C)(C)C(C)(C)C. The van der Waals surface area contributed by atoms with E-state index in [-0.39, 0.29) is 18.3 Å². The Morgan fingerprint density at radius 3 is 1.80 bits per heavy atom. The largest absolute Gasteiger partial charge is 0.460 e. The Morgan fingerprint density at radius 2 is 1.40 bits per heavy atom. The molecule has 3 atom stereocenters. The Balaban J connectivity index is 1.86. The molecule has 9 heteroatoms. The van der Waals surface area contributed by atoms with Gasteiger partial charge in [0.2, 0.25) is 5.91 Å². The van der Waals surface area contributed by atoms with Crippen LogP contribution in [-0.2, 0) is 29.1 Å². The normalized spacial score (nSPS) is 17.7. The maximum absolute atomic E-state index is 14.3. The van der Waals surface area contributed by atoms with Crippen LogP contribution in [0.25, 0.3) is 0 Å². The molecule has 1 aliphatic heterocycles. The van der Waals surface area contributed by atoms with Crippen molar-refractivity contribution in [1.82, 2.24) is 10.2 Å². The molecule has 3 aromatic carbocycles. The van der Waals surface area contributed by atoms with Gasteiger partial charge in [-0.15, -0.1) is 11.6 Å². The molecular formula is C36H43ClN2O5Si. The number of benzene rings is 3. The van der Waals surface area contributed by atoms with Crippen LogP contribution in [0.5, 0.6) is 0 Å². The van der Waals surface area contributed by atoms with Crippen molar-refractivity contribution in [2.24, 2.45) is 0 Å². The fourth-order valence-electron chi connectivity index (χ4n) is 5.47. The smallest absolute Gasteiger partial charge is 0.337 e. The number of likely N-dealkylation sites (tertiary alicyclic amines) is 1. The van der Waals surface area contributed by atoms with Crippen molar-refractivity contribution in [3.05, 3.63) is 120 Å². The highest BCUT2D eigenvalue weighted by Gasteiger charge is 2.57. The number of nitrogens with one attached hydrogen (secondary N) is 1. The summed E-state index contributed by atoms with van der Waals surface area (Å²) in [6.45, 7) is 14.3. The molecule has 1 amide bonds. The highest BCUT2D eigenvalue weighted by atomic mass is 35.5. The number of nitrogens with zero attached hydrogens (tertiary/aromatic N) is 1. The van der Waals surface area contributed by atoms with Crippen molar-refractivity contribution < 1.29 is 23.5 Å². The zero-order valence-electron chi connectivity index (χ0n) is 26.7. The number of hydrogen-bond acceptors (Lipinski definition) is 6. The number of rotatable bonds is 14. The third-order valence-corrected chi connectivity index (χ3v) is 13.7. The summed E-state index contributed by atoms with van der Waals surface area (Å²) in [5, 5.41) is 3.64. The lowest BCUT2D eigenvalue weighted by molar-refractivity contribution is -0.173. The molecule has 1 aliphatic rings. The molecule has 238 valence electrons. The first-order valence-electron chi connectivity index (χ1n) is 15.2. The third kappa shape index (κ3) is 6.99. The molecule has 4 rings (SSSR count). The number of hydrogen-bond donors (Lipinski definition) is 1. The zero-order valence-corrected chi connectivity index (χ0v) is 28.4. The second-order valence-electron chi connectivity index (χ2n) is 12.8. The van der Waals surface area contributed by atoms with Crippen molar-refractivity contribution in [2.75, 3.05) is 19.1 Å². The highest BCUT2D eigenvalue weighted by molar-refractivity contribution is 6.74. The van der Waals surface area contributed by atoms with E-state index < -0.39 is 55.5 Å². The molecule has 1 unspecified atom stereocenters. The van der Waals surface area contributed by atoms with Gasteiger partial charge in [0, 0.05) is 0 Å². The number of β-lactam (4-membered cyclic amide) rings is 1. The van der Waals surface area contributed by atoms with Crippen LogP contribution in [0.4, 0.5) is 0 Å². The number of Topliss-reactive ketones (excluding diaryl/α,β-unsaturated/α-hetero) is 1. The summed E-state index contributed by atoms with van der Waals surface area (Å²) >= 11 is 5.98.